The number of carbonyl (C=O) groups is 1. The molecule has 7 heteroatoms. The van der Waals surface area contributed by atoms with Gasteiger partial charge in [0.25, 0.3) is 11.6 Å². The Morgan fingerprint density at radius 2 is 1.80 bits per heavy atom. The minimum Gasteiger partial charge on any atom is -0.489 e. The summed E-state index contributed by atoms with van der Waals surface area (Å²) in [7, 11) is 0. The van der Waals surface area contributed by atoms with Crippen LogP contribution in [0.2, 0.25) is 0 Å². The molecule has 3 aromatic rings. The Labute approximate surface area is 173 Å². The number of nitro groups is 1. The fourth-order valence-electron chi connectivity index (χ4n) is 2.62. The van der Waals surface area contributed by atoms with Gasteiger partial charge in [0.2, 0.25) is 0 Å². The number of anilines is 1. The zero-order chi connectivity index (χ0) is 21.3. The Morgan fingerprint density at radius 3 is 2.47 bits per heavy atom. The molecule has 1 amide bonds. The minimum atomic E-state index is -0.609. The fourth-order valence-corrected chi connectivity index (χ4v) is 2.62. The Hall–Kier alpha value is -4.44. The van der Waals surface area contributed by atoms with Gasteiger partial charge in [-0.15, -0.1) is 0 Å². The second kappa shape index (κ2) is 9.66. The van der Waals surface area contributed by atoms with Gasteiger partial charge in [-0.3, -0.25) is 14.9 Å². The van der Waals surface area contributed by atoms with Crippen LogP contribution in [-0.2, 0) is 11.4 Å². The SMILES string of the molecule is N#CC(=Cc1cccc(OCc2ccccc2)c1)C(=O)Nc1ccc([N+](=O)[O-])cc1. The number of nitrogens with one attached hydrogen (secondary N) is 1. The first-order chi connectivity index (χ1) is 14.5. The van der Waals surface area contributed by atoms with Crippen molar-refractivity contribution in [2.24, 2.45) is 0 Å². The molecule has 0 aromatic heterocycles. The monoisotopic (exact) mass is 399 g/mol. The smallest absolute Gasteiger partial charge is 0.269 e. The number of benzene rings is 3. The zero-order valence-electron chi connectivity index (χ0n) is 15.8. The lowest BCUT2D eigenvalue weighted by molar-refractivity contribution is -0.384. The molecular weight excluding hydrogens is 382 g/mol. The predicted octanol–water partition coefficient (Wildman–Crippen LogP) is 4.72. The van der Waals surface area contributed by atoms with Crippen molar-refractivity contribution in [1.82, 2.24) is 0 Å². The summed E-state index contributed by atoms with van der Waals surface area (Å²) in [6.07, 6.45) is 1.45. The van der Waals surface area contributed by atoms with E-state index in [0.717, 1.165) is 5.56 Å². The summed E-state index contributed by atoms with van der Waals surface area (Å²) in [5.41, 5.74) is 1.83. The van der Waals surface area contributed by atoms with Crippen LogP contribution in [0.1, 0.15) is 11.1 Å². The van der Waals surface area contributed by atoms with E-state index >= 15 is 0 Å². The van der Waals surface area contributed by atoms with Crippen LogP contribution >= 0.6 is 0 Å². The quantitative estimate of drug-likeness (QED) is 0.268. The molecule has 148 valence electrons. The van der Waals surface area contributed by atoms with E-state index in [1.165, 1.54) is 30.3 Å². The first kappa shape index (κ1) is 20.3. The highest BCUT2D eigenvalue weighted by Gasteiger charge is 2.11. The molecule has 3 aromatic carbocycles. The second-order valence-electron chi connectivity index (χ2n) is 6.27. The molecule has 0 aliphatic heterocycles. The Balaban J connectivity index is 1.69. The molecule has 0 aliphatic rings. The second-order valence-corrected chi connectivity index (χ2v) is 6.27. The van der Waals surface area contributed by atoms with Crippen LogP contribution in [0.15, 0.2) is 84.4 Å². The normalized spacial score (nSPS) is 10.7. The summed E-state index contributed by atoms with van der Waals surface area (Å²) in [5.74, 6) is 0.00244. The molecule has 0 fully saturated rings. The Kier molecular flexibility index (Phi) is 6.54. The van der Waals surface area contributed by atoms with Gasteiger partial charge in [0.15, 0.2) is 0 Å². The summed E-state index contributed by atoms with van der Waals surface area (Å²) in [6.45, 7) is 0.403. The number of rotatable bonds is 7. The third-order valence-electron chi connectivity index (χ3n) is 4.12. The molecule has 7 nitrogen and oxygen atoms in total. The van der Waals surface area contributed by atoms with Crippen LogP contribution in [0.25, 0.3) is 6.08 Å². The Morgan fingerprint density at radius 1 is 1.07 bits per heavy atom. The molecule has 1 N–H and O–H groups in total. The molecular formula is C23H17N3O4. The van der Waals surface area contributed by atoms with Crippen molar-refractivity contribution in [3.63, 3.8) is 0 Å². The first-order valence-corrected chi connectivity index (χ1v) is 8.99. The summed E-state index contributed by atoms with van der Waals surface area (Å²) < 4.78 is 5.77. The van der Waals surface area contributed by atoms with Crippen molar-refractivity contribution in [2.45, 2.75) is 6.61 Å². The van der Waals surface area contributed by atoms with Gasteiger partial charge in [0, 0.05) is 17.8 Å². The van der Waals surface area contributed by atoms with E-state index in [0.29, 0.717) is 23.6 Å². The lowest BCUT2D eigenvalue weighted by Crippen LogP contribution is -2.13. The summed E-state index contributed by atoms with van der Waals surface area (Å²) in [6, 6.07) is 24.0. The number of amides is 1. The van der Waals surface area contributed by atoms with Gasteiger partial charge in [-0.25, -0.2) is 0 Å². The van der Waals surface area contributed by atoms with Crippen molar-refractivity contribution in [2.75, 3.05) is 5.32 Å². The zero-order valence-corrected chi connectivity index (χ0v) is 15.8. The molecule has 0 atom stereocenters. The predicted molar refractivity (Wildman–Crippen MR) is 113 cm³/mol. The van der Waals surface area contributed by atoms with Crippen LogP contribution in [0, 0.1) is 21.4 Å². The largest absolute Gasteiger partial charge is 0.489 e. The summed E-state index contributed by atoms with van der Waals surface area (Å²) >= 11 is 0. The number of carbonyl (C=O) groups excluding carboxylic acids is 1. The minimum absolute atomic E-state index is 0.0867. The van der Waals surface area contributed by atoms with Crippen molar-refractivity contribution >= 4 is 23.4 Å². The third-order valence-corrected chi connectivity index (χ3v) is 4.12. The molecule has 0 unspecified atom stereocenters. The van der Waals surface area contributed by atoms with E-state index in [-0.39, 0.29) is 11.3 Å². The standard InChI is InChI=1S/C23H17N3O4/c24-15-19(23(27)25-20-9-11-21(12-10-20)26(28)29)13-18-7-4-8-22(14-18)30-16-17-5-2-1-3-6-17/h1-14H,16H2,(H,25,27). The fraction of sp³-hybridized carbons (Fsp3) is 0.0435. The highest BCUT2D eigenvalue weighted by Crippen LogP contribution is 2.19. The third kappa shape index (κ3) is 5.53. The van der Waals surface area contributed by atoms with E-state index < -0.39 is 10.8 Å². The maximum atomic E-state index is 12.4. The van der Waals surface area contributed by atoms with Crippen LogP contribution in [-0.4, -0.2) is 10.8 Å². The van der Waals surface area contributed by atoms with E-state index in [1.807, 2.05) is 36.4 Å². The molecule has 3 rings (SSSR count). The maximum absolute atomic E-state index is 12.4. The molecule has 30 heavy (non-hydrogen) atoms. The average Bonchev–Trinajstić information content (AvgIpc) is 2.77. The van der Waals surface area contributed by atoms with E-state index in [4.69, 9.17) is 4.74 Å². The van der Waals surface area contributed by atoms with Crippen LogP contribution < -0.4 is 10.1 Å². The van der Waals surface area contributed by atoms with E-state index in [2.05, 4.69) is 5.32 Å². The highest BCUT2D eigenvalue weighted by molar-refractivity contribution is 6.09. The summed E-state index contributed by atoms with van der Waals surface area (Å²) in [4.78, 5) is 22.6. The molecule has 0 aliphatic carbocycles. The highest BCUT2D eigenvalue weighted by atomic mass is 16.6. The number of nitrogens with zero attached hydrogens (tertiary/aromatic N) is 2. The van der Waals surface area contributed by atoms with Gasteiger partial charge in [-0.2, -0.15) is 5.26 Å². The van der Waals surface area contributed by atoms with Gasteiger partial charge in [0.05, 0.1) is 4.92 Å². The molecule has 0 saturated heterocycles. The Bertz CT molecular complexity index is 1120. The lowest BCUT2D eigenvalue weighted by atomic mass is 10.1. The lowest BCUT2D eigenvalue weighted by Gasteiger charge is -2.07. The number of nitro benzene ring substituents is 1. The molecule has 0 spiro atoms. The van der Waals surface area contributed by atoms with Crippen molar-refractivity contribution in [3.05, 3.63) is 106 Å². The van der Waals surface area contributed by atoms with Crippen molar-refractivity contribution in [1.29, 1.82) is 5.26 Å². The van der Waals surface area contributed by atoms with Crippen molar-refractivity contribution in [3.8, 4) is 11.8 Å². The molecule has 0 bridgehead atoms. The van der Waals surface area contributed by atoms with Gasteiger partial charge in [0.1, 0.15) is 24.0 Å². The van der Waals surface area contributed by atoms with Gasteiger partial charge in [-0.05, 0) is 41.5 Å². The van der Waals surface area contributed by atoms with Crippen LogP contribution in [0.4, 0.5) is 11.4 Å². The summed E-state index contributed by atoms with van der Waals surface area (Å²) in [5, 5.41) is 22.6. The van der Waals surface area contributed by atoms with Gasteiger partial charge in [-0.1, -0.05) is 42.5 Å². The first-order valence-electron chi connectivity index (χ1n) is 8.99. The van der Waals surface area contributed by atoms with Crippen LogP contribution in [0.3, 0.4) is 0 Å². The van der Waals surface area contributed by atoms with Crippen molar-refractivity contribution < 1.29 is 14.5 Å². The average molecular weight is 399 g/mol. The topological polar surface area (TPSA) is 105 Å². The van der Waals surface area contributed by atoms with Gasteiger partial charge >= 0.3 is 0 Å². The van der Waals surface area contributed by atoms with E-state index in [1.54, 1.807) is 24.3 Å². The molecule has 0 radical (unpaired) electrons. The molecule has 0 saturated carbocycles. The number of hydrogen-bond acceptors (Lipinski definition) is 5. The van der Waals surface area contributed by atoms with Crippen LogP contribution in [0.5, 0.6) is 5.75 Å². The number of non-ortho nitro benzene ring substituents is 1. The maximum Gasteiger partial charge on any atom is 0.269 e. The number of hydrogen-bond donors (Lipinski definition) is 1. The van der Waals surface area contributed by atoms with E-state index in [9.17, 15) is 20.2 Å². The number of ether oxygens (including phenoxy) is 1. The van der Waals surface area contributed by atoms with Gasteiger partial charge < -0.3 is 10.1 Å². The molecule has 0 heterocycles. The number of nitriles is 1.